The molecule has 0 fully saturated rings. The van der Waals surface area contributed by atoms with Crippen LogP contribution in [0.2, 0.25) is 0 Å². The summed E-state index contributed by atoms with van der Waals surface area (Å²) in [6.07, 6.45) is 0.433. The van der Waals surface area contributed by atoms with Crippen molar-refractivity contribution in [2.45, 2.75) is 6.42 Å². The third-order valence-electron chi connectivity index (χ3n) is 1.99. The van der Waals surface area contributed by atoms with Crippen LogP contribution in [0.4, 0.5) is 5.69 Å². The molecule has 0 radical (unpaired) electrons. The Morgan fingerprint density at radius 2 is 2.07 bits per heavy atom. The predicted octanol–water partition coefficient (Wildman–Crippen LogP) is 2.48. The Kier molecular flexibility index (Phi) is 4.24. The highest BCUT2D eigenvalue weighted by Crippen LogP contribution is 2.14. The average Bonchev–Trinajstić information content (AvgIpc) is 2.25. The van der Waals surface area contributed by atoms with Crippen molar-refractivity contribution in [1.29, 1.82) is 5.26 Å². The second-order valence-corrected chi connectivity index (χ2v) is 3.23. The van der Waals surface area contributed by atoms with Crippen molar-refractivity contribution in [2.24, 2.45) is 0 Å². The highest BCUT2D eigenvalue weighted by molar-refractivity contribution is 5.46. The van der Waals surface area contributed by atoms with Crippen molar-refractivity contribution < 1.29 is 5.11 Å². The van der Waals surface area contributed by atoms with Gasteiger partial charge in [0.05, 0.1) is 19.0 Å². The van der Waals surface area contributed by atoms with Crippen LogP contribution in [0, 0.1) is 11.3 Å². The minimum absolute atomic E-state index is 0.108. The van der Waals surface area contributed by atoms with E-state index in [0.717, 1.165) is 5.69 Å². The van der Waals surface area contributed by atoms with E-state index in [1.807, 2.05) is 35.2 Å². The van der Waals surface area contributed by atoms with Crippen molar-refractivity contribution in [3.63, 3.8) is 0 Å². The van der Waals surface area contributed by atoms with E-state index in [4.69, 9.17) is 10.4 Å². The molecule has 0 saturated carbocycles. The molecule has 0 saturated heterocycles. The zero-order valence-corrected chi connectivity index (χ0v) is 8.56. The summed E-state index contributed by atoms with van der Waals surface area (Å²) in [6.45, 7) is 4.42. The summed E-state index contributed by atoms with van der Waals surface area (Å²) >= 11 is 0. The van der Waals surface area contributed by atoms with Crippen LogP contribution in [0.15, 0.2) is 42.7 Å². The summed E-state index contributed by atoms with van der Waals surface area (Å²) in [5.41, 5.74) is 0.989. The lowest BCUT2D eigenvalue weighted by Crippen LogP contribution is -2.26. The Hall–Kier alpha value is -1.95. The van der Waals surface area contributed by atoms with Gasteiger partial charge in [0.2, 0.25) is 0 Å². The van der Waals surface area contributed by atoms with E-state index in [-0.39, 0.29) is 5.76 Å². The van der Waals surface area contributed by atoms with Gasteiger partial charge in [-0.25, -0.2) is 0 Å². The second kappa shape index (κ2) is 5.71. The maximum atomic E-state index is 9.16. The van der Waals surface area contributed by atoms with Crippen LogP contribution in [0.5, 0.6) is 0 Å². The Morgan fingerprint density at radius 1 is 1.40 bits per heavy atom. The number of para-hydroxylation sites is 1. The molecule has 0 unspecified atom stereocenters. The van der Waals surface area contributed by atoms with Crippen LogP contribution in [0.3, 0.4) is 0 Å². The molecule has 1 aromatic rings. The third kappa shape index (κ3) is 3.74. The van der Waals surface area contributed by atoms with Gasteiger partial charge < -0.3 is 10.0 Å². The first kappa shape index (κ1) is 11.1. The maximum Gasteiger partial charge on any atom is 0.104 e. The maximum absolute atomic E-state index is 9.16. The van der Waals surface area contributed by atoms with E-state index in [0.29, 0.717) is 19.5 Å². The van der Waals surface area contributed by atoms with Crippen molar-refractivity contribution in [3.8, 4) is 6.07 Å². The molecule has 0 aliphatic carbocycles. The molecular formula is C12H14N2O. The minimum atomic E-state index is 0.108. The zero-order chi connectivity index (χ0) is 11.1. The number of nitriles is 1. The topological polar surface area (TPSA) is 47.3 Å². The Bertz CT molecular complexity index is 354. The number of nitrogens with zero attached hydrogens (tertiary/aromatic N) is 2. The minimum Gasteiger partial charge on any atom is -0.511 e. The largest absolute Gasteiger partial charge is 0.511 e. The Morgan fingerprint density at radius 3 is 2.60 bits per heavy atom. The fourth-order valence-electron chi connectivity index (χ4n) is 1.34. The summed E-state index contributed by atoms with van der Waals surface area (Å²) in [7, 11) is 0. The molecule has 78 valence electrons. The summed E-state index contributed by atoms with van der Waals surface area (Å²) in [5, 5.41) is 17.7. The highest BCUT2D eigenvalue weighted by Gasteiger charge is 2.06. The monoisotopic (exact) mass is 202 g/mol. The Labute approximate surface area is 89.9 Å². The summed E-state index contributed by atoms with van der Waals surface area (Å²) < 4.78 is 0. The number of rotatable bonds is 5. The lowest BCUT2D eigenvalue weighted by atomic mass is 10.2. The molecule has 0 amide bonds. The molecule has 0 atom stereocenters. The van der Waals surface area contributed by atoms with Crippen LogP contribution < -0.4 is 4.90 Å². The SMILES string of the molecule is C=C(O)CN(CCC#N)c1ccccc1. The van der Waals surface area contributed by atoms with Crippen LogP contribution in [-0.2, 0) is 0 Å². The highest BCUT2D eigenvalue weighted by atomic mass is 16.3. The smallest absolute Gasteiger partial charge is 0.104 e. The van der Waals surface area contributed by atoms with Gasteiger partial charge in [-0.3, -0.25) is 0 Å². The standard InChI is InChI=1S/C12H14N2O/c1-11(15)10-14(9-5-8-13)12-6-3-2-4-7-12/h2-4,6-7,15H,1,5,9-10H2. The van der Waals surface area contributed by atoms with E-state index >= 15 is 0 Å². The molecule has 0 aliphatic rings. The first-order valence-corrected chi connectivity index (χ1v) is 4.77. The van der Waals surface area contributed by atoms with Crippen LogP contribution in [0.1, 0.15) is 6.42 Å². The van der Waals surface area contributed by atoms with E-state index in [2.05, 4.69) is 12.6 Å². The first-order valence-electron chi connectivity index (χ1n) is 4.77. The first-order chi connectivity index (χ1) is 7.24. The number of benzene rings is 1. The van der Waals surface area contributed by atoms with Crippen LogP contribution in [-0.4, -0.2) is 18.2 Å². The summed E-state index contributed by atoms with van der Waals surface area (Å²) in [4.78, 5) is 1.92. The van der Waals surface area contributed by atoms with Gasteiger partial charge in [-0.2, -0.15) is 5.26 Å². The van der Waals surface area contributed by atoms with Gasteiger partial charge in [-0.15, -0.1) is 0 Å². The van der Waals surface area contributed by atoms with E-state index in [9.17, 15) is 0 Å². The van der Waals surface area contributed by atoms with Gasteiger partial charge >= 0.3 is 0 Å². The third-order valence-corrected chi connectivity index (χ3v) is 1.99. The number of aliphatic hydroxyl groups excluding tert-OH is 1. The quantitative estimate of drug-likeness (QED) is 0.746. The molecule has 3 nitrogen and oxygen atoms in total. The molecule has 3 heteroatoms. The lowest BCUT2D eigenvalue weighted by molar-refractivity contribution is 0.401. The van der Waals surface area contributed by atoms with Crippen molar-refractivity contribution in [3.05, 3.63) is 42.7 Å². The van der Waals surface area contributed by atoms with Crippen molar-refractivity contribution >= 4 is 5.69 Å². The van der Waals surface area contributed by atoms with Gasteiger partial charge in [-0.05, 0) is 12.1 Å². The number of aliphatic hydroxyl groups is 1. The summed E-state index contributed by atoms with van der Waals surface area (Å²) in [6, 6.07) is 11.8. The van der Waals surface area contributed by atoms with Crippen molar-refractivity contribution in [1.82, 2.24) is 0 Å². The predicted molar refractivity (Wildman–Crippen MR) is 60.7 cm³/mol. The number of hydrogen-bond acceptors (Lipinski definition) is 3. The van der Waals surface area contributed by atoms with E-state index < -0.39 is 0 Å². The van der Waals surface area contributed by atoms with Crippen molar-refractivity contribution in [2.75, 3.05) is 18.0 Å². The molecule has 0 spiro atoms. The molecule has 0 aromatic heterocycles. The molecule has 1 rings (SSSR count). The average molecular weight is 202 g/mol. The van der Waals surface area contributed by atoms with Gasteiger partial charge in [0.1, 0.15) is 5.76 Å². The van der Waals surface area contributed by atoms with E-state index in [1.54, 1.807) is 0 Å². The van der Waals surface area contributed by atoms with Gasteiger partial charge in [0.25, 0.3) is 0 Å². The Balaban J connectivity index is 2.72. The van der Waals surface area contributed by atoms with Gasteiger partial charge in [0, 0.05) is 12.2 Å². The molecule has 1 aromatic carbocycles. The fourth-order valence-corrected chi connectivity index (χ4v) is 1.34. The van der Waals surface area contributed by atoms with E-state index in [1.165, 1.54) is 0 Å². The zero-order valence-electron chi connectivity index (χ0n) is 8.56. The van der Waals surface area contributed by atoms with Gasteiger partial charge in [-0.1, -0.05) is 24.8 Å². The lowest BCUT2D eigenvalue weighted by Gasteiger charge is -2.22. The van der Waals surface area contributed by atoms with Crippen LogP contribution in [0.25, 0.3) is 0 Å². The second-order valence-electron chi connectivity index (χ2n) is 3.23. The van der Waals surface area contributed by atoms with Crippen LogP contribution >= 0.6 is 0 Å². The number of hydrogen-bond donors (Lipinski definition) is 1. The summed E-state index contributed by atoms with van der Waals surface area (Å²) in [5.74, 6) is 0.108. The number of anilines is 1. The molecule has 1 N–H and O–H groups in total. The normalized spacial score (nSPS) is 9.27. The van der Waals surface area contributed by atoms with Gasteiger partial charge in [0.15, 0.2) is 0 Å². The molecular weight excluding hydrogens is 188 g/mol. The molecule has 0 heterocycles. The fraction of sp³-hybridized carbons (Fsp3) is 0.250. The molecule has 0 aliphatic heterocycles. The molecule has 15 heavy (non-hydrogen) atoms. The molecule has 0 bridgehead atoms.